The molecule has 0 radical (unpaired) electrons. The summed E-state index contributed by atoms with van der Waals surface area (Å²) in [4.78, 5) is 12.3. The lowest BCUT2D eigenvalue weighted by molar-refractivity contribution is 0.0947. The van der Waals surface area contributed by atoms with Gasteiger partial charge in [0, 0.05) is 6.04 Å². The molecule has 2 N–H and O–H groups in total. The first-order valence-corrected chi connectivity index (χ1v) is 10.3. The molecular formula is C19H23ClN2O4S. The third-order valence-electron chi connectivity index (χ3n) is 3.56. The summed E-state index contributed by atoms with van der Waals surface area (Å²) in [6, 6.07) is 11.3. The molecule has 0 heterocycles. The van der Waals surface area contributed by atoms with E-state index in [-0.39, 0.29) is 34.7 Å². The predicted molar refractivity (Wildman–Crippen MR) is 106 cm³/mol. The Labute approximate surface area is 164 Å². The molecular weight excluding hydrogens is 388 g/mol. The highest BCUT2D eigenvalue weighted by Gasteiger charge is 2.19. The fraction of sp³-hybridized carbons (Fsp3) is 0.316. The van der Waals surface area contributed by atoms with Crippen LogP contribution in [0, 0.1) is 6.92 Å². The van der Waals surface area contributed by atoms with Gasteiger partial charge in [-0.1, -0.05) is 29.3 Å². The second-order valence-electron chi connectivity index (χ2n) is 6.34. The molecule has 146 valence electrons. The van der Waals surface area contributed by atoms with Gasteiger partial charge >= 0.3 is 0 Å². The lowest BCUT2D eigenvalue weighted by atomic mass is 10.2. The number of carbonyl (C=O) groups excluding carboxylic acids is 1. The van der Waals surface area contributed by atoms with Crippen LogP contribution in [0.4, 0.5) is 0 Å². The van der Waals surface area contributed by atoms with Gasteiger partial charge in [0.15, 0.2) is 0 Å². The molecule has 0 aromatic heterocycles. The van der Waals surface area contributed by atoms with Crippen LogP contribution in [0.3, 0.4) is 0 Å². The van der Waals surface area contributed by atoms with Gasteiger partial charge in [-0.05, 0) is 51.1 Å². The predicted octanol–water partition coefficient (Wildman–Crippen LogP) is 3.14. The minimum absolute atomic E-state index is 0.0124. The third kappa shape index (κ3) is 6.23. The van der Waals surface area contributed by atoms with Crippen LogP contribution in [0.1, 0.15) is 29.8 Å². The molecule has 0 saturated carbocycles. The molecule has 0 aliphatic carbocycles. The highest BCUT2D eigenvalue weighted by molar-refractivity contribution is 7.89. The van der Waals surface area contributed by atoms with Crippen LogP contribution in [-0.4, -0.2) is 33.5 Å². The van der Waals surface area contributed by atoms with E-state index in [0.29, 0.717) is 5.75 Å². The number of amides is 1. The van der Waals surface area contributed by atoms with E-state index in [1.807, 2.05) is 31.2 Å². The number of aryl methyl sites for hydroxylation is 1. The highest BCUT2D eigenvalue weighted by Crippen LogP contribution is 2.20. The second-order valence-corrected chi connectivity index (χ2v) is 8.46. The van der Waals surface area contributed by atoms with E-state index in [0.717, 1.165) is 5.56 Å². The highest BCUT2D eigenvalue weighted by atomic mass is 35.5. The summed E-state index contributed by atoms with van der Waals surface area (Å²) in [7, 11) is -3.71. The van der Waals surface area contributed by atoms with Gasteiger partial charge in [-0.2, -0.15) is 0 Å². The quantitative estimate of drug-likeness (QED) is 0.655. The number of rotatable bonds is 8. The molecule has 2 rings (SSSR count). The van der Waals surface area contributed by atoms with Crippen LogP contribution in [0.25, 0.3) is 0 Å². The first-order chi connectivity index (χ1) is 12.7. The van der Waals surface area contributed by atoms with Gasteiger partial charge in [-0.15, -0.1) is 0 Å². The molecule has 0 bridgehead atoms. The van der Waals surface area contributed by atoms with Gasteiger partial charge in [-0.25, -0.2) is 13.1 Å². The molecule has 0 saturated heterocycles. The Hall–Kier alpha value is -2.09. The van der Waals surface area contributed by atoms with Gasteiger partial charge < -0.3 is 10.1 Å². The molecule has 6 nitrogen and oxygen atoms in total. The van der Waals surface area contributed by atoms with Crippen molar-refractivity contribution in [2.45, 2.75) is 31.7 Å². The van der Waals surface area contributed by atoms with E-state index in [9.17, 15) is 13.2 Å². The molecule has 0 spiro atoms. The van der Waals surface area contributed by atoms with Crippen molar-refractivity contribution in [1.82, 2.24) is 10.0 Å². The van der Waals surface area contributed by atoms with Crippen molar-refractivity contribution in [3.8, 4) is 5.75 Å². The Kier molecular flexibility index (Phi) is 7.24. The largest absolute Gasteiger partial charge is 0.492 e. The number of hydrogen-bond acceptors (Lipinski definition) is 4. The average molecular weight is 411 g/mol. The maximum absolute atomic E-state index is 12.4. The van der Waals surface area contributed by atoms with Crippen LogP contribution >= 0.6 is 11.6 Å². The smallest absolute Gasteiger partial charge is 0.252 e. The van der Waals surface area contributed by atoms with E-state index in [2.05, 4.69) is 10.0 Å². The van der Waals surface area contributed by atoms with Gasteiger partial charge in [-0.3, -0.25) is 4.79 Å². The van der Waals surface area contributed by atoms with Crippen molar-refractivity contribution in [2.75, 3.05) is 13.2 Å². The number of carbonyl (C=O) groups is 1. The van der Waals surface area contributed by atoms with Crippen LogP contribution in [0.5, 0.6) is 5.75 Å². The zero-order valence-corrected chi connectivity index (χ0v) is 17.0. The standard InChI is InChI=1S/C19H23ClN2O4S/c1-13(2)22-27(24,25)16-8-9-18(20)17(12-16)19(23)21-10-11-26-15-6-4-14(3)5-7-15/h4-9,12-13,22H,10-11H2,1-3H3,(H,21,23). The number of hydrogen-bond donors (Lipinski definition) is 2. The number of ether oxygens (including phenoxy) is 1. The number of halogens is 1. The van der Waals surface area contributed by atoms with Crippen molar-refractivity contribution in [2.24, 2.45) is 0 Å². The summed E-state index contributed by atoms with van der Waals surface area (Å²) >= 11 is 6.06. The fourth-order valence-corrected chi connectivity index (χ4v) is 3.77. The van der Waals surface area contributed by atoms with Gasteiger partial charge in [0.1, 0.15) is 12.4 Å². The summed E-state index contributed by atoms with van der Waals surface area (Å²) in [5.41, 5.74) is 1.23. The van der Waals surface area contributed by atoms with Crippen molar-refractivity contribution < 1.29 is 17.9 Å². The van der Waals surface area contributed by atoms with Gasteiger partial charge in [0.2, 0.25) is 10.0 Å². The van der Waals surface area contributed by atoms with Crippen molar-refractivity contribution >= 4 is 27.5 Å². The molecule has 27 heavy (non-hydrogen) atoms. The van der Waals surface area contributed by atoms with Crippen LogP contribution in [0.2, 0.25) is 5.02 Å². The van der Waals surface area contributed by atoms with Crippen molar-refractivity contribution in [3.63, 3.8) is 0 Å². The molecule has 0 fully saturated rings. The van der Waals surface area contributed by atoms with Crippen LogP contribution < -0.4 is 14.8 Å². The van der Waals surface area contributed by atoms with Crippen LogP contribution in [0.15, 0.2) is 47.4 Å². The van der Waals surface area contributed by atoms with Gasteiger partial charge in [0.25, 0.3) is 5.91 Å². The van der Waals surface area contributed by atoms with E-state index >= 15 is 0 Å². The minimum atomic E-state index is -3.71. The minimum Gasteiger partial charge on any atom is -0.492 e. The lowest BCUT2D eigenvalue weighted by Gasteiger charge is -2.12. The van der Waals surface area contributed by atoms with E-state index in [1.165, 1.54) is 18.2 Å². The summed E-state index contributed by atoms with van der Waals surface area (Å²) in [6.07, 6.45) is 0. The Bertz CT molecular complexity index is 896. The zero-order valence-electron chi connectivity index (χ0n) is 15.5. The SMILES string of the molecule is Cc1ccc(OCCNC(=O)c2cc(S(=O)(=O)NC(C)C)ccc2Cl)cc1. The van der Waals surface area contributed by atoms with Crippen LogP contribution in [-0.2, 0) is 10.0 Å². The van der Waals surface area contributed by atoms with E-state index < -0.39 is 15.9 Å². The summed E-state index contributed by atoms with van der Waals surface area (Å²) in [5, 5.41) is 2.85. The Balaban J connectivity index is 1.99. The molecule has 2 aromatic carbocycles. The fourth-order valence-electron chi connectivity index (χ4n) is 2.29. The molecule has 0 atom stereocenters. The Morgan fingerprint density at radius 3 is 2.44 bits per heavy atom. The topological polar surface area (TPSA) is 84.5 Å². The molecule has 0 unspecified atom stereocenters. The summed E-state index contributed by atoms with van der Waals surface area (Å²) in [6.45, 7) is 5.95. The number of benzene rings is 2. The Morgan fingerprint density at radius 2 is 1.81 bits per heavy atom. The second kappa shape index (κ2) is 9.21. The summed E-state index contributed by atoms with van der Waals surface area (Å²) < 4.78 is 32.5. The average Bonchev–Trinajstić information content (AvgIpc) is 2.59. The maximum atomic E-state index is 12.4. The maximum Gasteiger partial charge on any atom is 0.252 e. The first kappa shape index (κ1) is 21.2. The Morgan fingerprint density at radius 1 is 1.15 bits per heavy atom. The molecule has 1 amide bonds. The number of sulfonamides is 1. The lowest BCUT2D eigenvalue weighted by Crippen LogP contribution is -2.31. The van der Waals surface area contributed by atoms with Crippen molar-refractivity contribution in [1.29, 1.82) is 0 Å². The van der Waals surface area contributed by atoms with E-state index in [4.69, 9.17) is 16.3 Å². The van der Waals surface area contributed by atoms with Crippen molar-refractivity contribution in [3.05, 3.63) is 58.6 Å². The first-order valence-electron chi connectivity index (χ1n) is 8.48. The summed E-state index contributed by atoms with van der Waals surface area (Å²) in [5.74, 6) is 0.245. The monoisotopic (exact) mass is 410 g/mol. The normalized spacial score (nSPS) is 11.4. The molecule has 0 aliphatic heterocycles. The zero-order chi connectivity index (χ0) is 20.0. The van der Waals surface area contributed by atoms with E-state index in [1.54, 1.807) is 13.8 Å². The third-order valence-corrected chi connectivity index (χ3v) is 5.55. The molecule has 8 heteroatoms. The van der Waals surface area contributed by atoms with Gasteiger partial charge in [0.05, 0.1) is 22.0 Å². The molecule has 0 aliphatic rings. The molecule has 2 aromatic rings. The number of nitrogens with one attached hydrogen (secondary N) is 2.